The topological polar surface area (TPSA) is 63.6 Å². The van der Waals surface area contributed by atoms with Crippen LogP contribution in [0, 0.1) is 0 Å². The van der Waals surface area contributed by atoms with Gasteiger partial charge in [0.05, 0.1) is 18.3 Å². The maximum atomic E-state index is 11.3. The summed E-state index contributed by atoms with van der Waals surface area (Å²) in [5.41, 5.74) is -0.0481. The van der Waals surface area contributed by atoms with Crippen LogP contribution in [0.15, 0.2) is 47.6 Å². The molecule has 0 fully saturated rings. The van der Waals surface area contributed by atoms with Gasteiger partial charge in [0.2, 0.25) is 0 Å². The molecule has 0 spiro atoms. The number of allylic oxidation sites excluding steroid dienone is 4. The minimum atomic E-state index is -1.16. The molecule has 4 heteroatoms. The lowest BCUT2D eigenvalue weighted by Gasteiger charge is -2.04. The zero-order valence-electron chi connectivity index (χ0n) is 8.14. The molecule has 1 N–H and O–H groups in total. The molecule has 0 saturated carbocycles. The van der Waals surface area contributed by atoms with Gasteiger partial charge >= 0.3 is 11.9 Å². The van der Waals surface area contributed by atoms with Crippen LogP contribution in [0.3, 0.4) is 0 Å². The first-order valence-electron chi connectivity index (χ1n) is 4.24. The smallest absolute Gasteiger partial charge is 0.338 e. The van der Waals surface area contributed by atoms with E-state index in [4.69, 9.17) is 5.11 Å². The van der Waals surface area contributed by atoms with Crippen LogP contribution in [0.5, 0.6) is 0 Å². The van der Waals surface area contributed by atoms with Crippen LogP contribution < -0.4 is 0 Å². The van der Waals surface area contributed by atoms with E-state index in [1.165, 1.54) is 19.3 Å². The average molecular weight is 206 g/mol. The SMILES string of the molecule is COC(=O)C1=C(C(=O)O)C=CC=CC=C1. The van der Waals surface area contributed by atoms with Crippen molar-refractivity contribution in [2.75, 3.05) is 7.11 Å². The first-order valence-corrected chi connectivity index (χ1v) is 4.24. The van der Waals surface area contributed by atoms with E-state index in [0.29, 0.717) is 0 Å². The summed E-state index contributed by atoms with van der Waals surface area (Å²) >= 11 is 0. The Morgan fingerprint density at radius 1 is 1.07 bits per heavy atom. The minimum Gasteiger partial charge on any atom is -0.478 e. The average Bonchev–Trinajstić information content (AvgIpc) is 2.16. The van der Waals surface area contributed by atoms with E-state index in [1.807, 2.05) is 0 Å². The number of carboxylic acids is 1. The van der Waals surface area contributed by atoms with Gasteiger partial charge in [-0.15, -0.1) is 0 Å². The molecule has 0 radical (unpaired) electrons. The molecule has 0 atom stereocenters. The highest BCUT2D eigenvalue weighted by molar-refractivity contribution is 6.03. The number of ether oxygens (including phenoxy) is 1. The predicted molar refractivity (Wildman–Crippen MR) is 54.1 cm³/mol. The zero-order valence-corrected chi connectivity index (χ0v) is 8.14. The minimum absolute atomic E-state index is 0.0330. The highest BCUT2D eigenvalue weighted by atomic mass is 16.5. The fourth-order valence-corrected chi connectivity index (χ4v) is 1.09. The molecule has 15 heavy (non-hydrogen) atoms. The second kappa shape index (κ2) is 4.95. The number of esters is 1. The molecule has 0 bridgehead atoms. The number of rotatable bonds is 2. The van der Waals surface area contributed by atoms with Crippen LogP contribution in [0.25, 0.3) is 0 Å². The molecule has 0 aromatic carbocycles. The number of methoxy groups -OCH3 is 1. The van der Waals surface area contributed by atoms with E-state index < -0.39 is 11.9 Å². The third-order valence-corrected chi connectivity index (χ3v) is 1.79. The van der Waals surface area contributed by atoms with E-state index in [1.54, 1.807) is 24.3 Å². The third-order valence-electron chi connectivity index (χ3n) is 1.79. The van der Waals surface area contributed by atoms with E-state index in [0.717, 1.165) is 0 Å². The third kappa shape index (κ3) is 2.67. The van der Waals surface area contributed by atoms with Crippen LogP contribution >= 0.6 is 0 Å². The van der Waals surface area contributed by atoms with E-state index in [9.17, 15) is 9.59 Å². The molecular formula is C11H10O4. The molecule has 0 aromatic rings. The Hall–Kier alpha value is -2.10. The summed E-state index contributed by atoms with van der Waals surface area (Å²) in [7, 11) is 1.21. The van der Waals surface area contributed by atoms with Gasteiger partial charge in [-0.2, -0.15) is 0 Å². The van der Waals surface area contributed by atoms with Gasteiger partial charge in [0.25, 0.3) is 0 Å². The van der Waals surface area contributed by atoms with E-state index in [2.05, 4.69) is 4.74 Å². The Balaban J connectivity index is 3.25. The molecule has 1 aliphatic rings. The molecule has 0 aromatic heterocycles. The Labute approximate surface area is 86.9 Å². The summed E-state index contributed by atoms with van der Waals surface area (Å²) in [4.78, 5) is 22.2. The molecule has 0 saturated heterocycles. The highest BCUT2D eigenvalue weighted by Gasteiger charge is 2.16. The monoisotopic (exact) mass is 206 g/mol. The Kier molecular flexibility index (Phi) is 3.62. The van der Waals surface area contributed by atoms with Crippen LogP contribution in [0.2, 0.25) is 0 Å². The summed E-state index contributed by atoms with van der Waals surface area (Å²) in [6.07, 6.45) is 9.27. The quantitative estimate of drug-likeness (QED) is 0.690. The summed E-state index contributed by atoms with van der Waals surface area (Å²) in [5, 5.41) is 8.90. The first-order chi connectivity index (χ1) is 7.16. The number of carbonyl (C=O) groups excluding carboxylic acids is 1. The number of hydrogen-bond acceptors (Lipinski definition) is 3. The Bertz CT molecular complexity index is 397. The van der Waals surface area contributed by atoms with Crippen LogP contribution in [0.1, 0.15) is 0 Å². The fourth-order valence-electron chi connectivity index (χ4n) is 1.09. The number of hydrogen-bond donors (Lipinski definition) is 1. The lowest BCUT2D eigenvalue weighted by atomic mass is 10.1. The molecule has 0 amide bonds. The maximum Gasteiger partial charge on any atom is 0.338 e. The number of aliphatic carboxylic acids is 1. The Morgan fingerprint density at radius 3 is 2.07 bits per heavy atom. The molecule has 0 unspecified atom stereocenters. The van der Waals surface area contributed by atoms with Crippen molar-refractivity contribution in [1.29, 1.82) is 0 Å². The van der Waals surface area contributed by atoms with Gasteiger partial charge in [-0.3, -0.25) is 0 Å². The van der Waals surface area contributed by atoms with Crippen molar-refractivity contribution >= 4 is 11.9 Å². The molecule has 1 aliphatic carbocycles. The van der Waals surface area contributed by atoms with Crippen molar-refractivity contribution in [3.63, 3.8) is 0 Å². The Morgan fingerprint density at radius 2 is 1.60 bits per heavy atom. The first kappa shape index (κ1) is 11.0. The molecule has 1 rings (SSSR count). The normalized spacial score (nSPS) is 14.7. The number of carbonyl (C=O) groups is 2. The van der Waals surface area contributed by atoms with Crippen molar-refractivity contribution in [3.8, 4) is 0 Å². The van der Waals surface area contributed by atoms with Crippen LogP contribution in [-0.4, -0.2) is 24.2 Å². The zero-order chi connectivity index (χ0) is 11.3. The predicted octanol–water partition coefficient (Wildman–Crippen LogP) is 1.22. The summed E-state index contributed by atoms with van der Waals surface area (Å²) < 4.78 is 4.50. The van der Waals surface area contributed by atoms with E-state index in [-0.39, 0.29) is 11.1 Å². The largest absolute Gasteiger partial charge is 0.478 e. The van der Waals surface area contributed by atoms with Crippen molar-refractivity contribution in [3.05, 3.63) is 47.6 Å². The van der Waals surface area contributed by atoms with Crippen molar-refractivity contribution < 1.29 is 19.4 Å². The van der Waals surface area contributed by atoms with Gasteiger partial charge in [-0.25, -0.2) is 9.59 Å². The van der Waals surface area contributed by atoms with Crippen molar-refractivity contribution in [2.45, 2.75) is 0 Å². The lowest BCUT2D eigenvalue weighted by Crippen LogP contribution is -2.10. The van der Waals surface area contributed by atoms with Crippen molar-refractivity contribution in [2.24, 2.45) is 0 Å². The molecular weight excluding hydrogens is 196 g/mol. The summed E-state index contributed by atoms with van der Waals surface area (Å²) in [6, 6.07) is 0. The standard InChI is InChI=1S/C11H10O4/c1-15-11(14)9-7-5-3-2-4-6-8(9)10(12)13/h2-7H,1H3,(H,12,13). The van der Waals surface area contributed by atoms with Gasteiger partial charge in [-0.1, -0.05) is 24.3 Å². The lowest BCUT2D eigenvalue weighted by molar-refractivity contribution is -0.137. The van der Waals surface area contributed by atoms with Gasteiger partial charge < -0.3 is 9.84 Å². The summed E-state index contributed by atoms with van der Waals surface area (Å²) in [6.45, 7) is 0. The molecule has 4 nitrogen and oxygen atoms in total. The van der Waals surface area contributed by atoms with E-state index >= 15 is 0 Å². The van der Waals surface area contributed by atoms with Gasteiger partial charge in [0.15, 0.2) is 0 Å². The molecule has 78 valence electrons. The summed E-state index contributed by atoms with van der Waals surface area (Å²) in [5.74, 6) is -1.82. The van der Waals surface area contributed by atoms with Crippen LogP contribution in [-0.2, 0) is 14.3 Å². The van der Waals surface area contributed by atoms with Crippen LogP contribution in [0.4, 0.5) is 0 Å². The molecule has 0 heterocycles. The number of carboxylic acid groups (broad SMARTS) is 1. The van der Waals surface area contributed by atoms with Crippen molar-refractivity contribution in [1.82, 2.24) is 0 Å². The second-order valence-electron chi connectivity index (χ2n) is 2.73. The second-order valence-corrected chi connectivity index (χ2v) is 2.73. The molecule has 0 aliphatic heterocycles. The highest BCUT2D eigenvalue weighted by Crippen LogP contribution is 2.12. The maximum absolute atomic E-state index is 11.3. The van der Waals surface area contributed by atoms with Gasteiger partial charge in [-0.05, 0) is 12.2 Å². The van der Waals surface area contributed by atoms with Gasteiger partial charge in [0.1, 0.15) is 0 Å². The van der Waals surface area contributed by atoms with Gasteiger partial charge in [0, 0.05) is 0 Å². The fraction of sp³-hybridized carbons (Fsp3) is 0.0909.